The molecule has 2 nitrogen and oxygen atoms in total. The van der Waals surface area contributed by atoms with E-state index >= 15 is 0 Å². The summed E-state index contributed by atoms with van der Waals surface area (Å²) in [5, 5.41) is 9.63. The van der Waals surface area contributed by atoms with E-state index in [1.165, 1.54) is 0 Å². The summed E-state index contributed by atoms with van der Waals surface area (Å²) < 4.78 is 0. The Morgan fingerprint density at radius 2 is 2.28 bits per heavy atom. The molecule has 0 aliphatic carbocycles. The lowest BCUT2D eigenvalue weighted by Gasteiger charge is -2.47. The van der Waals surface area contributed by atoms with E-state index in [-0.39, 0.29) is 5.54 Å². The molecule has 0 amide bonds. The normalized spacial score (nSPS) is 22.6. The van der Waals surface area contributed by atoms with Crippen molar-refractivity contribution in [3.05, 3.63) is 29.3 Å². The van der Waals surface area contributed by atoms with E-state index in [1.54, 1.807) is 0 Å². The van der Waals surface area contributed by atoms with Gasteiger partial charge in [0.1, 0.15) is 0 Å². The molecule has 1 saturated heterocycles. The van der Waals surface area contributed by atoms with Crippen molar-refractivity contribution in [2.45, 2.75) is 38.6 Å². The van der Waals surface area contributed by atoms with Gasteiger partial charge in [-0.05, 0) is 50.8 Å². The van der Waals surface area contributed by atoms with Gasteiger partial charge in [0.15, 0.2) is 0 Å². The van der Waals surface area contributed by atoms with Crippen LogP contribution < -0.4 is 4.90 Å². The van der Waals surface area contributed by atoms with Crippen LogP contribution in [-0.4, -0.2) is 12.1 Å². The van der Waals surface area contributed by atoms with Crippen molar-refractivity contribution in [2.75, 3.05) is 11.4 Å². The van der Waals surface area contributed by atoms with Crippen LogP contribution in [0.15, 0.2) is 24.3 Å². The van der Waals surface area contributed by atoms with Crippen molar-refractivity contribution in [3.8, 4) is 6.07 Å². The van der Waals surface area contributed by atoms with Gasteiger partial charge in [0, 0.05) is 29.2 Å². The van der Waals surface area contributed by atoms with E-state index in [1.807, 2.05) is 18.2 Å². The van der Waals surface area contributed by atoms with E-state index in [9.17, 15) is 0 Å². The van der Waals surface area contributed by atoms with Gasteiger partial charge < -0.3 is 4.90 Å². The highest BCUT2D eigenvalue weighted by atomic mass is 35.5. The molecule has 0 N–H and O–H groups in total. The first-order valence-electron chi connectivity index (χ1n) is 6.43. The Balaban J connectivity index is 2.24. The number of piperidine rings is 1. The quantitative estimate of drug-likeness (QED) is 0.797. The smallest absolute Gasteiger partial charge is 0.0625 e. The summed E-state index contributed by atoms with van der Waals surface area (Å²) in [5.74, 6) is 0.474. The summed E-state index contributed by atoms with van der Waals surface area (Å²) in [6, 6.07) is 10.3. The van der Waals surface area contributed by atoms with E-state index in [4.69, 9.17) is 16.9 Å². The zero-order valence-electron chi connectivity index (χ0n) is 11.0. The van der Waals surface area contributed by atoms with Crippen LogP contribution in [0.1, 0.15) is 33.1 Å². The molecular formula is C15H19ClN2. The molecule has 1 aromatic carbocycles. The molecule has 2 rings (SSSR count). The Bertz CT molecular complexity index is 462. The minimum atomic E-state index is 0.136. The first-order chi connectivity index (χ1) is 8.53. The average molecular weight is 263 g/mol. The van der Waals surface area contributed by atoms with Gasteiger partial charge in [0.2, 0.25) is 0 Å². The molecule has 1 atom stereocenters. The van der Waals surface area contributed by atoms with Crippen LogP contribution in [0.25, 0.3) is 0 Å². The maximum absolute atomic E-state index is 8.86. The van der Waals surface area contributed by atoms with Gasteiger partial charge in [0.25, 0.3) is 0 Å². The van der Waals surface area contributed by atoms with Crippen molar-refractivity contribution >= 4 is 17.3 Å². The van der Waals surface area contributed by atoms with Gasteiger partial charge >= 0.3 is 0 Å². The van der Waals surface area contributed by atoms with Gasteiger partial charge in [0.05, 0.1) is 6.07 Å². The summed E-state index contributed by atoms with van der Waals surface area (Å²) in [6.45, 7) is 5.47. The summed E-state index contributed by atoms with van der Waals surface area (Å²) in [4.78, 5) is 2.39. The van der Waals surface area contributed by atoms with Gasteiger partial charge in [-0.15, -0.1) is 0 Å². The predicted octanol–water partition coefficient (Wildman–Crippen LogP) is 4.25. The van der Waals surface area contributed by atoms with Crippen molar-refractivity contribution in [3.63, 3.8) is 0 Å². The minimum Gasteiger partial charge on any atom is -0.366 e. The standard InChI is InChI=1S/C15H19ClN2/c1-15(2)8-6-12(7-9-17)11-18(15)14-5-3-4-13(16)10-14/h3-5,10,12H,6-8,11H2,1-2H3. The van der Waals surface area contributed by atoms with Gasteiger partial charge in [-0.1, -0.05) is 17.7 Å². The highest BCUT2D eigenvalue weighted by Gasteiger charge is 2.34. The fraction of sp³-hybridized carbons (Fsp3) is 0.533. The second-order valence-electron chi connectivity index (χ2n) is 5.67. The van der Waals surface area contributed by atoms with Crippen LogP contribution in [-0.2, 0) is 0 Å². The largest absolute Gasteiger partial charge is 0.366 e. The highest BCUT2D eigenvalue weighted by molar-refractivity contribution is 6.30. The van der Waals surface area contributed by atoms with E-state index < -0.39 is 0 Å². The number of halogens is 1. The maximum Gasteiger partial charge on any atom is 0.0625 e. The lowest BCUT2D eigenvalue weighted by atomic mass is 9.83. The molecule has 1 heterocycles. The molecule has 96 valence electrons. The molecule has 1 aliphatic rings. The number of hydrogen-bond acceptors (Lipinski definition) is 2. The molecule has 0 bridgehead atoms. The molecule has 3 heteroatoms. The molecule has 1 aliphatic heterocycles. The molecular weight excluding hydrogens is 244 g/mol. The van der Waals surface area contributed by atoms with Crippen molar-refractivity contribution < 1.29 is 0 Å². The topological polar surface area (TPSA) is 27.0 Å². The maximum atomic E-state index is 8.86. The summed E-state index contributed by atoms with van der Waals surface area (Å²) in [6.07, 6.45) is 2.90. The van der Waals surface area contributed by atoms with Crippen molar-refractivity contribution in [1.29, 1.82) is 5.26 Å². The fourth-order valence-electron chi connectivity index (χ4n) is 2.68. The average Bonchev–Trinajstić information content (AvgIpc) is 2.31. The van der Waals surface area contributed by atoms with E-state index in [2.05, 4.69) is 30.9 Å². The van der Waals surface area contributed by atoms with E-state index in [0.717, 1.165) is 30.1 Å². The molecule has 0 spiro atoms. The molecule has 0 aromatic heterocycles. The third-order valence-electron chi connectivity index (χ3n) is 3.84. The Morgan fingerprint density at radius 1 is 1.50 bits per heavy atom. The summed E-state index contributed by atoms with van der Waals surface area (Å²) >= 11 is 6.08. The fourth-order valence-corrected chi connectivity index (χ4v) is 2.87. The third kappa shape index (κ3) is 2.79. The predicted molar refractivity (Wildman–Crippen MR) is 75.8 cm³/mol. The first-order valence-corrected chi connectivity index (χ1v) is 6.81. The number of anilines is 1. The Hall–Kier alpha value is -1.20. The van der Waals surface area contributed by atoms with Crippen LogP contribution >= 0.6 is 11.6 Å². The van der Waals surface area contributed by atoms with Gasteiger partial charge in [-0.2, -0.15) is 5.26 Å². The van der Waals surface area contributed by atoms with Crippen LogP contribution in [0.5, 0.6) is 0 Å². The molecule has 1 aromatic rings. The number of hydrogen-bond donors (Lipinski definition) is 0. The monoisotopic (exact) mass is 262 g/mol. The van der Waals surface area contributed by atoms with Crippen molar-refractivity contribution in [2.24, 2.45) is 5.92 Å². The second kappa shape index (κ2) is 5.20. The number of benzene rings is 1. The van der Waals surface area contributed by atoms with Gasteiger partial charge in [-0.3, -0.25) is 0 Å². The summed E-state index contributed by atoms with van der Waals surface area (Å²) in [7, 11) is 0. The zero-order valence-corrected chi connectivity index (χ0v) is 11.7. The van der Waals surface area contributed by atoms with Crippen LogP contribution in [0, 0.1) is 17.2 Å². The van der Waals surface area contributed by atoms with E-state index in [0.29, 0.717) is 12.3 Å². The number of nitrogens with zero attached hydrogens (tertiary/aromatic N) is 2. The molecule has 0 saturated carbocycles. The minimum absolute atomic E-state index is 0.136. The van der Waals surface area contributed by atoms with Crippen LogP contribution in [0.2, 0.25) is 5.02 Å². The SMILES string of the molecule is CC1(C)CCC(CC#N)CN1c1cccc(Cl)c1. The number of rotatable bonds is 2. The molecule has 1 unspecified atom stereocenters. The van der Waals surface area contributed by atoms with Crippen LogP contribution in [0.3, 0.4) is 0 Å². The second-order valence-corrected chi connectivity index (χ2v) is 6.11. The Morgan fingerprint density at radius 3 is 2.94 bits per heavy atom. The highest BCUT2D eigenvalue weighted by Crippen LogP contribution is 2.36. The summed E-state index contributed by atoms with van der Waals surface area (Å²) in [5.41, 5.74) is 1.30. The lowest BCUT2D eigenvalue weighted by Crippen LogP contribution is -2.50. The van der Waals surface area contributed by atoms with Crippen molar-refractivity contribution in [1.82, 2.24) is 0 Å². The van der Waals surface area contributed by atoms with Gasteiger partial charge in [-0.25, -0.2) is 0 Å². The molecule has 0 radical (unpaired) electrons. The zero-order chi connectivity index (χ0) is 13.2. The molecule has 1 fully saturated rings. The Labute approximate surface area is 114 Å². The first kappa shape index (κ1) is 13.2. The molecule has 18 heavy (non-hydrogen) atoms. The lowest BCUT2D eigenvalue weighted by molar-refractivity contribution is 0.293. The number of nitriles is 1. The van der Waals surface area contributed by atoms with Crippen LogP contribution in [0.4, 0.5) is 5.69 Å². The Kier molecular flexibility index (Phi) is 3.82. The third-order valence-corrected chi connectivity index (χ3v) is 4.07.